The molecule has 2 fully saturated rings. The van der Waals surface area contributed by atoms with Crippen LogP contribution in [0.5, 0.6) is 0 Å². The molecule has 9 nitrogen and oxygen atoms in total. The van der Waals surface area contributed by atoms with Crippen LogP contribution < -0.4 is 16.0 Å². The number of amides is 2. The summed E-state index contributed by atoms with van der Waals surface area (Å²) in [4.78, 5) is 29.9. The van der Waals surface area contributed by atoms with Gasteiger partial charge in [-0.2, -0.15) is 0 Å². The lowest BCUT2D eigenvalue weighted by Gasteiger charge is -2.47. The third-order valence-electron chi connectivity index (χ3n) is 10.1. The van der Waals surface area contributed by atoms with Crippen LogP contribution in [0.2, 0.25) is 0 Å². The number of likely N-dealkylation sites (tertiary alicyclic amines) is 1. The predicted molar refractivity (Wildman–Crippen MR) is 187 cm³/mol. The molecule has 0 radical (unpaired) electrons. The molecule has 1 saturated heterocycles. The summed E-state index contributed by atoms with van der Waals surface area (Å²) in [6.07, 6.45) is 5.83. The highest BCUT2D eigenvalue weighted by Crippen LogP contribution is 2.39. The summed E-state index contributed by atoms with van der Waals surface area (Å²) < 4.78 is 24.5. The summed E-state index contributed by atoms with van der Waals surface area (Å²) in [5.41, 5.74) is 1.46. The van der Waals surface area contributed by atoms with Crippen LogP contribution >= 0.6 is 0 Å². The summed E-state index contributed by atoms with van der Waals surface area (Å²) >= 11 is 0. The van der Waals surface area contributed by atoms with Gasteiger partial charge in [0.25, 0.3) is 0 Å². The fourth-order valence-electron chi connectivity index (χ4n) is 7.10. The highest BCUT2D eigenvalue weighted by molar-refractivity contribution is 7.92. The van der Waals surface area contributed by atoms with E-state index < -0.39 is 38.7 Å². The van der Waals surface area contributed by atoms with Crippen molar-refractivity contribution in [2.75, 3.05) is 19.3 Å². The fourth-order valence-corrected chi connectivity index (χ4v) is 7.71. The van der Waals surface area contributed by atoms with Gasteiger partial charge in [0.15, 0.2) is 9.84 Å². The molecule has 47 heavy (non-hydrogen) atoms. The van der Waals surface area contributed by atoms with E-state index in [0.717, 1.165) is 43.2 Å². The lowest BCUT2D eigenvalue weighted by atomic mass is 9.72. The maximum atomic E-state index is 14.1. The minimum Gasteiger partial charge on any atom is -0.390 e. The molecule has 2 amide bonds. The molecule has 0 aromatic heterocycles. The van der Waals surface area contributed by atoms with Crippen LogP contribution in [0.25, 0.3) is 0 Å². The van der Waals surface area contributed by atoms with Crippen molar-refractivity contribution in [1.82, 2.24) is 20.9 Å². The van der Waals surface area contributed by atoms with Crippen molar-refractivity contribution in [1.29, 1.82) is 0 Å². The summed E-state index contributed by atoms with van der Waals surface area (Å²) in [7, 11) is -3.67. The van der Waals surface area contributed by atoms with E-state index in [1.807, 2.05) is 81.4 Å². The number of β-amino-alcohol motifs (C(OH)–C–C–N with tert-alkyl or cyclic N) is 1. The Hall–Kier alpha value is -2.79. The topological polar surface area (TPSA) is 128 Å². The predicted octanol–water partition coefficient (Wildman–Crippen LogP) is 3.85. The summed E-state index contributed by atoms with van der Waals surface area (Å²) in [6.45, 7) is 10.3. The Kier molecular flexibility index (Phi) is 12.3. The lowest BCUT2D eigenvalue weighted by Crippen LogP contribution is -2.63. The maximum absolute atomic E-state index is 14.1. The van der Waals surface area contributed by atoms with Gasteiger partial charge in [-0.3, -0.25) is 14.5 Å². The quantitative estimate of drug-likeness (QED) is 0.255. The standard InChI is InChI=1S/C37H56N4O5S/c1-36(2,3)40-34(43)31-22-28-19-13-14-20-29(28)24-41(31)25-32(42)30(21-26-15-9-7-10-16-26)39-35(44)33(37(4,5)47(6,45)46)38-23-27-17-11-8-12-18-27/h7-12,15-18,28-33,38,42H,13-14,19-25H2,1-6H3,(H,39,44)(H,40,43)/t28-,29+,30?,31?,32?,33+/m0/s1. The molecule has 1 aliphatic heterocycles. The molecule has 2 aromatic carbocycles. The first-order valence-electron chi connectivity index (χ1n) is 17.1. The van der Waals surface area contributed by atoms with E-state index in [0.29, 0.717) is 24.8 Å². The van der Waals surface area contributed by atoms with Gasteiger partial charge >= 0.3 is 0 Å². The zero-order valence-electron chi connectivity index (χ0n) is 29.0. The molecule has 260 valence electrons. The van der Waals surface area contributed by atoms with Crippen LogP contribution in [0.4, 0.5) is 0 Å². The van der Waals surface area contributed by atoms with E-state index >= 15 is 0 Å². The number of benzene rings is 2. The number of hydrogen-bond acceptors (Lipinski definition) is 7. The average Bonchev–Trinajstić information content (AvgIpc) is 3.00. The lowest BCUT2D eigenvalue weighted by molar-refractivity contribution is -0.133. The van der Waals surface area contributed by atoms with E-state index in [9.17, 15) is 23.1 Å². The molecule has 1 saturated carbocycles. The van der Waals surface area contributed by atoms with Crippen LogP contribution in [0.3, 0.4) is 0 Å². The monoisotopic (exact) mass is 668 g/mol. The van der Waals surface area contributed by atoms with Gasteiger partial charge in [0.05, 0.1) is 22.9 Å². The van der Waals surface area contributed by atoms with E-state index in [-0.39, 0.29) is 24.0 Å². The third kappa shape index (κ3) is 10.1. The molecule has 2 aromatic rings. The number of hydrogen-bond donors (Lipinski definition) is 4. The second kappa shape index (κ2) is 15.6. The molecule has 10 heteroatoms. The van der Waals surface area contributed by atoms with E-state index in [2.05, 4.69) is 20.9 Å². The largest absolute Gasteiger partial charge is 0.390 e. The zero-order chi connectivity index (χ0) is 34.4. The Morgan fingerprint density at radius 3 is 2.06 bits per heavy atom. The van der Waals surface area contributed by atoms with Gasteiger partial charge in [0, 0.05) is 31.4 Å². The molecule has 2 aliphatic rings. The highest BCUT2D eigenvalue weighted by atomic mass is 32.2. The van der Waals surface area contributed by atoms with Crippen molar-refractivity contribution < 1.29 is 23.1 Å². The van der Waals surface area contributed by atoms with Gasteiger partial charge in [-0.15, -0.1) is 0 Å². The van der Waals surface area contributed by atoms with Crippen LogP contribution in [0.1, 0.15) is 77.8 Å². The van der Waals surface area contributed by atoms with Gasteiger partial charge in [0.2, 0.25) is 11.8 Å². The molecule has 4 N–H and O–H groups in total. The maximum Gasteiger partial charge on any atom is 0.239 e. The molecule has 3 unspecified atom stereocenters. The molecule has 1 heterocycles. The zero-order valence-corrected chi connectivity index (χ0v) is 29.9. The SMILES string of the molecule is CC(C)(C)NC(=O)C1C[C@@H]2CCCC[C@@H]2CN1CC(O)C(Cc1ccccc1)NC(=O)[C@@H](NCc1ccccc1)C(C)(C)S(C)(=O)=O. The first-order chi connectivity index (χ1) is 22.0. The average molecular weight is 669 g/mol. The van der Waals surface area contributed by atoms with Crippen molar-refractivity contribution >= 4 is 21.7 Å². The van der Waals surface area contributed by atoms with E-state index in [4.69, 9.17) is 0 Å². The number of carbonyl (C=O) groups excluding carboxylic acids is 2. The first kappa shape index (κ1) is 37.0. The van der Waals surface area contributed by atoms with Crippen molar-refractivity contribution in [3.05, 3.63) is 71.8 Å². The molecule has 0 bridgehead atoms. The van der Waals surface area contributed by atoms with Crippen molar-refractivity contribution in [2.24, 2.45) is 11.8 Å². The number of aliphatic hydroxyl groups is 1. The number of nitrogens with zero attached hydrogens (tertiary/aromatic N) is 1. The second-order valence-electron chi connectivity index (χ2n) is 15.3. The number of aliphatic hydroxyl groups excluding tert-OH is 1. The van der Waals surface area contributed by atoms with Crippen molar-refractivity contribution in [2.45, 2.75) is 114 Å². The normalized spacial score (nSPS) is 22.8. The van der Waals surface area contributed by atoms with Gasteiger partial charge in [0.1, 0.15) is 6.04 Å². The molecular weight excluding hydrogens is 612 g/mol. The number of nitrogens with one attached hydrogen (secondary N) is 3. The molecular formula is C37H56N4O5S. The Morgan fingerprint density at radius 1 is 0.915 bits per heavy atom. The van der Waals surface area contributed by atoms with Gasteiger partial charge in [-0.1, -0.05) is 79.9 Å². The third-order valence-corrected chi connectivity index (χ3v) is 12.2. The highest BCUT2D eigenvalue weighted by Gasteiger charge is 2.45. The minimum absolute atomic E-state index is 0.0301. The molecule has 4 rings (SSSR count). The Morgan fingerprint density at radius 2 is 1.49 bits per heavy atom. The Balaban J connectivity index is 1.60. The van der Waals surface area contributed by atoms with Gasteiger partial charge < -0.3 is 21.1 Å². The van der Waals surface area contributed by atoms with Gasteiger partial charge in [-0.25, -0.2) is 8.42 Å². The number of piperidine rings is 1. The Bertz CT molecular complexity index is 1430. The van der Waals surface area contributed by atoms with Crippen molar-refractivity contribution in [3.63, 3.8) is 0 Å². The van der Waals surface area contributed by atoms with Crippen LogP contribution in [0.15, 0.2) is 60.7 Å². The Labute approximate surface area is 282 Å². The summed E-state index contributed by atoms with van der Waals surface area (Å²) in [5, 5.41) is 21.4. The summed E-state index contributed by atoms with van der Waals surface area (Å²) in [5.74, 6) is 0.433. The van der Waals surface area contributed by atoms with Crippen LogP contribution in [-0.4, -0.2) is 84.1 Å². The fraction of sp³-hybridized carbons (Fsp3) is 0.622. The van der Waals surface area contributed by atoms with Crippen molar-refractivity contribution in [3.8, 4) is 0 Å². The molecule has 0 spiro atoms. The number of sulfone groups is 1. The number of fused-ring (bicyclic) bond motifs is 1. The minimum atomic E-state index is -3.67. The summed E-state index contributed by atoms with van der Waals surface area (Å²) in [6, 6.07) is 17.0. The second-order valence-corrected chi connectivity index (χ2v) is 17.9. The van der Waals surface area contributed by atoms with Crippen LogP contribution in [0, 0.1) is 11.8 Å². The van der Waals surface area contributed by atoms with Gasteiger partial charge in [-0.05, 0) is 76.8 Å². The molecule has 6 atom stereocenters. The van der Waals surface area contributed by atoms with E-state index in [1.165, 1.54) is 12.8 Å². The number of carbonyl (C=O) groups is 2. The smallest absolute Gasteiger partial charge is 0.239 e. The molecule has 1 aliphatic carbocycles. The first-order valence-corrected chi connectivity index (χ1v) is 19.0. The van der Waals surface area contributed by atoms with Crippen LogP contribution in [-0.2, 0) is 32.4 Å². The number of rotatable bonds is 13. The van der Waals surface area contributed by atoms with E-state index in [1.54, 1.807) is 13.8 Å².